The molecule has 0 bridgehead atoms. The smallest absolute Gasteiger partial charge is 0.159 e. The first-order valence-corrected chi connectivity index (χ1v) is 4.45. The maximum atomic E-state index is 4.36. The van der Waals surface area contributed by atoms with Crippen LogP contribution in [0.5, 0.6) is 0 Å². The van der Waals surface area contributed by atoms with Crippen molar-refractivity contribution in [2.24, 2.45) is 7.05 Å². The zero-order valence-corrected chi connectivity index (χ0v) is 8.15. The molecule has 2 aromatic rings. The van der Waals surface area contributed by atoms with Crippen LogP contribution in [0, 0.1) is 0 Å². The van der Waals surface area contributed by atoms with Crippen LogP contribution in [0.25, 0.3) is 11.2 Å². The number of fused-ring (bicyclic) bond motifs is 1. The van der Waals surface area contributed by atoms with Crippen molar-refractivity contribution in [1.82, 2.24) is 14.5 Å². The molecule has 0 radical (unpaired) electrons. The lowest BCUT2D eigenvalue weighted by atomic mass is 10.1. The zero-order valence-electron chi connectivity index (χ0n) is 8.15. The fourth-order valence-electron chi connectivity index (χ4n) is 1.35. The van der Waals surface area contributed by atoms with E-state index in [9.17, 15) is 0 Å². The molecule has 0 atom stereocenters. The van der Waals surface area contributed by atoms with Gasteiger partial charge in [0.15, 0.2) is 5.65 Å². The van der Waals surface area contributed by atoms with Crippen LogP contribution in [0.15, 0.2) is 18.6 Å². The first-order chi connectivity index (χ1) is 6.18. The van der Waals surface area contributed by atoms with E-state index in [1.807, 2.05) is 17.8 Å². The van der Waals surface area contributed by atoms with Gasteiger partial charge in [0.25, 0.3) is 0 Å². The SMILES string of the molecule is CC(C)c1cnc2c(c1)ncn2C. The second kappa shape index (κ2) is 2.83. The second-order valence-electron chi connectivity index (χ2n) is 3.62. The van der Waals surface area contributed by atoms with E-state index in [2.05, 4.69) is 29.9 Å². The van der Waals surface area contributed by atoms with Crippen LogP contribution in [0.2, 0.25) is 0 Å². The van der Waals surface area contributed by atoms with E-state index in [1.165, 1.54) is 5.56 Å². The molecular weight excluding hydrogens is 162 g/mol. The number of aryl methyl sites for hydroxylation is 1. The fraction of sp³-hybridized carbons (Fsp3) is 0.400. The fourth-order valence-corrected chi connectivity index (χ4v) is 1.35. The number of nitrogens with zero attached hydrogens (tertiary/aromatic N) is 3. The molecule has 0 aliphatic rings. The number of hydrogen-bond acceptors (Lipinski definition) is 2. The Hall–Kier alpha value is -1.38. The monoisotopic (exact) mass is 175 g/mol. The number of aromatic nitrogens is 3. The summed E-state index contributed by atoms with van der Waals surface area (Å²) in [7, 11) is 1.96. The number of imidazole rings is 1. The van der Waals surface area contributed by atoms with Crippen LogP contribution in [-0.4, -0.2) is 14.5 Å². The summed E-state index contributed by atoms with van der Waals surface area (Å²) in [4.78, 5) is 8.62. The van der Waals surface area contributed by atoms with Gasteiger partial charge in [-0.25, -0.2) is 9.97 Å². The summed E-state index contributed by atoms with van der Waals surface area (Å²) in [6.07, 6.45) is 3.72. The summed E-state index contributed by atoms with van der Waals surface area (Å²) < 4.78 is 1.93. The molecule has 0 N–H and O–H groups in total. The van der Waals surface area contributed by atoms with Crippen molar-refractivity contribution in [2.75, 3.05) is 0 Å². The van der Waals surface area contributed by atoms with Gasteiger partial charge in [0.05, 0.1) is 6.33 Å². The summed E-state index contributed by atoms with van der Waals surface area (Å²) >= 11 is 0. The lowest BCUT2D eigenvalue weighted by molar-refractivity contribution is 0.858. The van der Waals surface area contributed by atoms with Gasteiger partial charge in [0.2, 0.25) is 0 Å². The average molecular weight is 175 g/mol. The molecule has 2 aromatic heterocycles. The van der Waals surface area contributed by atoms with Gasteiger partial charge in [-0.05, 0) is 17.5 Å². The predicted octanol–water partition coefficient (Wildman–Crippen LogP) is 2.09. The normalized spacial score (nSPS) is 11.4. The van der Waals surface area contributed by atoms with Crippen LogP contribution >= 0.6 is 0 Å². The van der Waals surface area contributed by atoms with Crippen molar-refractivity contribution in [3.63, 3.8) is 0 Å². The summed E-state index contributed by atoms with van der Waals surface area (Å²) in [5, 5.41) is 0. The van der Waals surface area contributed by atoms with Gasteiger partial charge in [-0.2, -0.15) is 0 Å². The number of hydrogen-bond donors (Lipinski definition) is 0. The average Bonchev–Trinajstić information content (AvgIpc) is 2.47. The van der Waals surface area contributed by atoms with E-state index in [1.54, 1.807) is 6.33 Å². The van der Waals surface area contributed by atoms with Crippen LogP contribution in [-0.2, 0) is 7.05 Å². The van der Waals surface area contributed by atoms with E-state index in [-0.39, 0.29) is 0 Å². The molecule has 2 heterocycles. The minimum Gasteiger partial charge on any atom is -0.318 e. The molecule has 2 rings (SSSR count). The largest absolute Gasteiger partial charge is 0.318 e. The van der Waals surface area contributed by atoms with Crippen LogP contribution in [0.4, 0.5) is 0 Å². The molecule has 3 nitrogen and oxygen atoms in total. The van der Waals surface area contributed by atoms with E-state index in [4.69, 9.17) is 0 Å². The highest BCUT2D eigenvalue weighted by molar-refractivity contribution is 5.71. The van der Waals surface area contributed by atoms with Crippen LogP contribution in [0.3, 0.4) is 0 Å². The summed E-state index contributed by atoms with van der Waals surface area (Å²) in [5.74, 6) is 0.513. The molecule has 0 aromatic carbocycles. The van der Waals surface area contributed by atoms with E-state index in [0.717, 1.165) is 11.2 Å². The Labute approximate surface area is 77.4 Å². The third-order valence-corrected chi connectivity index (χ3v) is 2.24. The molecule has 0 unspecified atom stereocenters. The Morgan fingerprint density at radius 1 is 1.31 bits per heavy atom. The first-order valence-electron chi connectivity index (χ1n) is 4.45. The molecule has 0 amide bonds. The van der Waals surface area contributed by atoms with Crippen LogP contribution < -0.4 is 0 Å². The van der Waals surface area contributed by atoms with E-state index in [0.29, 0.717) is 5.92 Å². The van der Waals surface area contributed by atoms with Crippen molar-refractivity contribution < 1.29 is 0 Å². The number of pyridine rings is 1. The maximum Gasteiger partial charge on any atom is 0.159 e. The highest BCUT2D eigenvalue weighted by Gasteiger charge is 2.04. The van der Waals surface area contributed by atoms with Gasteiger partial charge >= 0.3 is 0 Å². The highest BCUT2D eigenvalue weighted by Crippen LogP contribution is 2.17. The molecule has 68 valence electrons. The van der Waals surface area contributed by atoms with Crippen molar-refractivity contribution >= 4 is 11.2 Å². The summed E-state index contributed by atoms with van der Waals surface area (Å²) in [6, 6.07) is 2.10. The predicted molar refractivity (Wildman–Crippen MR) is 52.6 cm³/mol. The molecule has 3 heteroatoms. The molecule has 13 heavy (non-hydrogen) atoms. The Kier molecular flexibility index (Phi) is 1.79. The Morgan fingerprint density at radius 2 is 2.08 bits per heavy atom. The molecule has 0 aliphatic carbocycles. The van der Waals surface area contributed by atoms with Gasteiger partial charge in [0, 0.05) is 13.2 Å². The second-order valence-corrected chi connectivity index (χ2v) is 3.62. The molecule has 0 spiro atoms. The molecule has 0 aliphatic heterocycles. The topological polar surface area (TPSA) is 30.7 Å². The first kappa shape index (κ1) is 8.23. The Morgan fingerprint density at radius 3 is 2.77 bits per heavy atom. The number of rotatable bonds is 1. The standard InChI is InChI=1S/C10H13N3/c1-7(2)8-4-9-10(11-5-8)13(3)6-12-9/h4-7H,1-3H3. The van der Waals surface area contributed by atoms with E-state index >= 15 is 0 Å². The lowest BCUT2D eigenvalue weighted by Gasteiger charge is -2.03. The van der Waals surface area contributed by atoms with Crippen molar-refractivity contribution in [3.05, 3.63) is 24.2 Å². The third-order valence-electron chi connectivity index (χ3n) is 2.24. The van der Waals surface area contributed by atoms with E-state index < -0.39 is 0 Å². The minimum absolute atomic E-state index is 0.513. The quantitative estimate of drug-likeness (QED) is 0.664. The van der Waals surface area contributed by atoms with Gasteiger partial charge in [-0.1, -0.05) is 13.8 Å². The maximum absolute atomic E-state index is 4.36. The molecular formula is C10H13N3. The zero-order chi connectivity index (χ0) is 9.42. The van der Waals surface area contributed by atoms with Crippen molar-refractivity contribution in [1.29, 1.82) is 0 Å². The summed E-state index contributed by atoms with van der Waals surface area (Å²) in [5.41, 5.74) is 3.17. The van der Waals surface area contributed by atoms with Gasteiger partial charge < -0.3 is 4.57 Å². The Balaban J connectivity index is 2.63. The molecule has 0 saturated heterocycles. The molecule has 0 saturated carbocycles. The molecule has 0 fully saturated rings. The summed E-state index contributed by atoms with van der Waals surface area (Å²) in [6.45, 7) is 4.32. The van der Waals surface area contributed by atoms with Crippen LogP contribution in [0.1, 0.15) is 25.3 Å². The minimum atomic E-state index is 0.513. The Bertz CT molecular complexity index is 429. The van der Waals surface area contributed by atoms with Gasteiger partial charge in [0.1, 0.15) is 5.52 Å². The van der Waals surface area contributed by atoms with Crippen molar-refractivity contribution in [3.8, 4) is 0 Å². The van der Waals surface area contributed by atoms with Gasteiger partial charge in [-0.3, -0.25) is 0 Å². The van der Waals surface area contributed by atoms with Gasteiger partial charge in [-0.15, -0.1) is 0 Å². The third kappa shape index (κ3) is 1.30. The highest BCUT2D eigenvalue weighted by atomic mass is 15.1. The van der Waals surface area contributed by atoms with Crippen molar-refractivity contribution in [2.45, 2.75) is 19.8 Å². The lowest BCUT2D eigenvalue weighted by Crippen LogP contribution is -1.91.